The van der Waals surface area contributed by atoms with Gasteiger partial charge in [0.1, 0.15) is 17.7 Å². The van der Waals surface area contributed by atoms with E-state index in [-0.39, 0.29) is 11.8 Å². The molecular weight excluding hydrogens is 486 g/mol. The van der Waals surface area contributed by atoms with Crippen molar-refractivity contribution in [1.29, 1.82) is 0 Å². The van der Waals surface area contributed by atoms with Crippen molar-refractivity contribution < 1.29 is 19.1 Å². The Balaban J connectivity index is 3.70. The van der Waals surface area contributed by atoms with Crippen LogP contribution in [0.5, 0.6) is 0 Å². The number of carbonyl (C=O) groups excluding carboxylic acids is 3. The standard InChI is InChI=1S/C29H47N3O4S/c1-12-20-15-14-16-21(19-20)23(24(33)31-27(3,4)5)32(29(9,10)13-2)25(34)22(17-18-37-11)30-26(35)36-28(6,7)8/h12,14-16,19,22-23H,1,13,17-18H2,2-11H3,(H,30,35)(H,31,33). The van der Waals surface area contributed by atoms with E-state index in [9.17, 15) is 14.4 Å². The molecule has 0 radical (unpaired) electrons. The van der Waals surface area contributed by atoms with Crippen LogP contribution in [0.2, 0.25) is 0 Å². The van der Waals surface area contributed by atoms with Crippen molar-refractivity contribution in [1.82, 2.24) is 15.5 Å². The van der Waals surface area contributed by atoms with Crippen LogP contribution in [-0.4, -0.2) is 57.5 Å². The van der Waals surface area contributed by atoms with Gasteiger partial charge < -0.3 is 20.3 Å². The lowest BCUT2D eigenvalue weighted by Gasteiger charge is -2.45. The third-order valence-corrected chi connectivity index (χ3v) is 6.47. The van der Waals surface area contributed by atoms with Gasteiger partial charge in [0.25, 0.3) is 0 Å². The van der Waals surface area contributed by atoms with Gasteiger partial charge in [0.15, 0.2) is 0 Å². The number of thioether (sulfide) groups is 1. The second-order valence-corrected chi connectivity index (χ2v) is 12.9. The van der Waals surface area contributed by atoms with Crippen LogP contribution in [-0.2, 0) is 14.3 Å². The van der Waals surface area contributed by atoms with Crippen LogP contribution in [0.4, 0.5) is 4.79 Å². The summed E-state index contributed by atoms with van der Waals surface area (Å²) in [6, 6.07) is 5.71. The minimum Gasteiger partial charge on any atom is -0.444 e. The van der Waals surface area contributed by atoms with Crippen LogP contribution < -0.4 is 10.6 Å². The average Bonchev–Trinajstić information content (AvgIpc) is 2.77. The highest BCUT2D eigenvalue weighted by Crippen LogP contribution is 2.33. The maximum atomic E-state index is 14.3. The van der Waals surface area contributed by atoms with Gasteiger partial charge in [-0.05, 0) is 97.4 Å². The van der Waals surface area contributed by atoms with E-state index in [1.54, 1.807) is 43.5 Å². The summed E-state index contributed by atoms with van der Waals surface area (Å²) in [5.41, 5.74) is -0.397. The average molecular weight is 534 g/mol. The maximum absolute atomic E-state index is 14.3. The second-order valence-electron chi connectivity index (χ2n) is 11.9. The lowest BCUT2D eigenvalue weighted by molar-refractivity contribution is -0.150. The summed E-state index contributed by atoms with van der Waals surface area (Å²) in [6.07, 6.45) is 4.00. The summed E-state index contributed by atoms with van der Waals surface area (Å²) < 4.78 is 5.46. The molecule has 0 saturated carbocycles. The normalized spacial score (nSPS) is 13.8. The zero-order chi connectivity index (χ0) is 28.6. The number of nitrogens with zero attached hydrogens (tertiary/aromatic N) is 1. The Labute approximate surface area is 228 Å². The molecule has 0 saturated heterocycles. The van der Waals surface area contributed by atoms with Crippen LogP contribution >= 0.6 is 11.8 Å². The van der Waals surface area contributed by atoms with E-state index in [0.29, 0.717) is 24.2 Å². The van der Waals surface area contributed by atoms with E-state index in [2.05, 4.69) is 17.2 Å². The van der Waals surface area contributed by atoms with E-state index < -0.39 is 34.9 Å². The van der Waals surface area contributed by atoms with E-state index in [0.717, 1.165) is 5.56 Å². The summed E-state index contributed by atoms with van der Waals surface area (Å²) in [4.78, 5) is 42.6. The van der Waals surface area contributed by atoms with Crippen molar-refractivity contribution in [2.45, 2.75) is 104 Å². The van der Waals surface area contributed by atoms with Gasteiger partial charge >= 0.3 is 6.09 Å². The largest absolute Gasteiger partial charge is 0.444 e. The second kappa shape index (κ2) is 13.4. The van der Waals surface area contributed by atoms with Crippen LogP contribution in [0, 0.1) is 0 Å². The first kappa shape index (κ1) is 32.5. The Kier molecular flexibility index (Phi) is 11.7. The molecule has 0 heterocycles. The first-order valence-electron chi connectivity index (χ1n) is 12.8. The van der Waals surface area contributed by atoms with Crippen molar-refractivity contribution in [3.05, 3.63) is 42.0 Å². The number of nitrogens with one attached hydrogen (secondary N) is 2. The van der Waals surface area contributed by atoms with Gasteiger partial charge in [-0.3, -0.25) is 9.59 Å². The van der Waals surface area contributed by atoms with E-state index in [1.165, 1.54) is 0 Å². The first-order chi connectivity index (χ1) is 17.0. The Hall–Kier alpha value is -2.48. The van der Waals surface area contributed by atoms with Crippen molar-refractivity contribution in [2.24, 2.45) is 0 Å². The van der Waals surface area contributed by atoms with Gasteiger partial charge in [0.2, 0.25) is 11.8 Å². The molecule has 2 N–H and O–H groups in total. The molecule has 0 aliphatic heterocycles. The first-order valence-corrected chi connectivity index (χ1v) is 14.2. The van der Waals surface area contributed by atoms with Crippen molar-refractivity contribution in [3.8, 4) is 0 Å². The van der Waals surface area contributed by atoms with Crippen LogP contribution in [0.25, 0.3) is 6.08 Å². The SMILES string of the molecule is C=Cc1cccc(C(C(=O)NC(C)(C)C)N(C(=O)C(CCSC)NC(=O)OC(C)(C)C)C(C)(C)CC)c1. The lowest BCUT2D eigenvalue weighted by Crippen LogP contribution is -2.60. The molecule has 208 valence electrons. The number of benzene rings is 1. The number of ether oxygens (including phenoxy) is 1. The highest BCUT2D eigenvalue weighted by molar-refractivity contribution is 7.98. The van der Waals surface area contributed by atoms with Crippen molar-refractivity contribution >= 4 is 35.7 Å². The van der Waals surface area contributed by atoms with Gasteiger partial charge in [-0.2, -0.15) is 11.8 Å². The van der Waals surface area contributed by atoms with Crippen LogP contribution in [0.3, 0.4) is 0 Å². The quantitative estimate of drug-likeness (QED) is 0.367. The molecule has 1 aromatic rings. The molecule has 0 aliphatic carbocycles. The summed E-state index contributed by atoms with van der Waals surface area (Å²) >= 11 is 1.58. The van der Waals surface area contributed by atoms with Gasteiger partial charge in [-0.15, -0.1) is 0 Å². The molecule has 8 heteroatoms. The predicted molar refractivity (Wildman–Crippen MR) is 155 cm³/mol. The fourth-order valence-electron chi connectivity index (χ4n) is 3.77. The molecule has 2 unspecified atom stereocenters. The molecule has 3 amide bonds. The monoisotopic (exact) mass is 533 g/mol. The number of hydrogen-bond acceptors (Lipinski definition) is 5. The van der Waals surface area contributed by atoms with Gasteiger partial charge in [0, 0.05) is 11.1 Å². The minimum absolute atomic E-state index is 0.288. The molecule has 0 aromatic heterocycles. The van der Waals surface area contributed by atoms with Gasteiger partial charge in [0.05, 0.1) is 0 Å². The summed E-state index contributed by atoms with van der Waals surface area (Å²) in [5.74, 6) is 0.0338. The Morgan fingerprint density at radius 1 is 1.11 bits per heavy atom. The van der Waals surface area contributed by atoms with Gasteiger partial charge in [-0.1, -0.05) is 37.8 Å². The number of rotatable bonds is 11. The summed E-state index contributed by atoms with van der Waals surface area (Å²) in [5, 5.41) is 5.85. The Morgan fingerprint density at radius 2 is 1.73 bits per heavy atom. The Bertz CT molecular complexity index is 947. The summed E-state index contributed by atoms with van der Waals surface area (Å²) in [6.45, 7) is 20.8. The molecule has 2 atom stereocenters. The van der Waals surface area contributed by atoms with E-state index in [4.69, 9.17) is 4.74 Å². The fraction of sp³-hybridized carbons (Fsp3) is 0.621. The van der Waals surface area contributed by atoms with Crippen LogP contribution in [0.1, 0.15) is 92.3 Å². The topological polar surface area (TPSA) is 87.7 Å². The molecule has 0 aliphatic rings. The van der Waals surface area contributed by atoms with Gasteiger partial charge in [-0.25, -0.2) is 4.79 Å². The van der Waals surface area contributed by atoms with Crippen molar-refractivity contribution in [3.63, 3.8) is 0 Å². The van der Waals surface area contributed by atoms with E-state index in [1.807, 2.05) is 72.1 Å². The minimum atomic E-state index is -0.918. The lowest BCUT2D eigenvalue weighted by atomic mass is 9.90. The Morgan fingerprint density at radius 3 is 2.22 bits per heavy atom. The highest BCUT2D eigenvalue weighted by atomic mass is 32.2. The van der Waals surface area contributed by atoms with Crippen LogP contribution in [0.15, 0.2) is 30.8 Å². The number of carbonyl (C=O) groups is 3. The maximum Gasteiger partial charge on any atom is 0.408 e. The molecular formula is C29H47N3O4S. The van der Waals surface area contributed by atoms with Crippen molar-refractivity contribution in [2.75, 3.05) is 12.0 Å². The number of amides is 3. The number of hydrogen-bond donors (Lipinski definition) is 2. The molecule has 1 aromatic carbocycles. The smallest absolute Gasteiger partial charge is 0.408 e. The predicted octanol–water partition coefficient (Wildman–Crippen LogP) is 5.95. The molecule has 7 nitrogen and oxygen atoms in total. The third kappa shape index (κ3) is 10.4. The fourth-order valence-corrected chi connectivity index (χ4v) is 4.24. The summed E-state index contributed by atoms with van der Waals surface area (Å²) in [7, 11) is 0. The van der Waals surface area contributed by atoms with E-state index >= 15 is 0 Å². The molecule has 1 rings (SSSR count). The molecule has 37 heavy (non-hydrogen) atoms. The highest BCUT2D eigenvalue weighted by Gasteiger charge is 2.43. The molecule has 0 fully saturated rings. The zero-order valence-electron chi connectivity index (χ0n) is 24.4. The molecule has 0 bridgehead atoms. The molecule has 0 spiro atoms. The third-order valence-electron chi connectivity index (χ3n) is 5.82. The zero-order valence-corrected chi connectivity index (χ0v) is 25.2. The number of alkyl carbamates (subject to hydrolysis) is 1.